The van der Waals surface area contributed by atoms with Crippen LogP contribution in [0.5, 0.6) is 0 Å². The summed E-state index contributed by atoms with van der Waals surface area (Å²) in [5, 5.41) is 10.7. The van der Waals surface area contributed by atoms with Gasteiger partial charge in [0.1, 0.15) is 5.37 Å². The Labute approximate surface area is 133 Å². The number of nitro groups is 1. The minimum Gasteiger partial charge on any atom is -0.381 e. The summed E-state index contributed by atoms with van der Waals surface area (Å²) in [4.78, 5) is 25.0. The number of ether oxygens (including phenoxy) is 1. The molecule has 1 aromatic carbocycles. The molecule has 2 saturated heterocycles. The van der Waals surface area contributed by atoms with Gasteiger partial charge in [-0.05, 0) is 30.5 Å². The lowest BCUT2D eigenvalue weighted by atomic mass is 9.98. The highest BCUT2D eigenvalue weighted by atomic mass is 32.2. The van der Waals surface area contributed by atoms with Gasteiger partial charge in [-0.3, -0.25) is 14.9 Å². The maximum absolute atomic E-state index is 12.7. The lowest BCUT2D eigenvalue weighted by molar-refractivity contribution is -0.384. The maximum atomic E-state index is 12.7. The van der Waals surface area contributed by atoms with E-state index in [-0.39, 0.29) is 22.9 Å². The van der Waals surface area contributed by atoms with Crippen molar-refractivity contribution in [2.75, 3.05) is 25.5 Å². The number of thioether (sulfide) groups is 1. The number of carbonyl (C=O) groups is 1. The van der Waals surface area contributed by atoms with Crippen LogP contribution < -0.4 is 0 Å². The lowest BCUT2D eigenvalue weighted by Gasteiger charge is -2.30. The Morgan fingerprint density at radius 1 is 1.27 bits per heavy atom. The average Bonchev–Trinajstić information content (AvgIpc) is 3.04. The molecule has 1 unspecified atom stereocenters. The number of hydrogen-bond acceptors (Lipinski definition) is 5. The number of non-ortho nitro benzene ring substituents is 1. The minimum absolute atomic E-state index is 0.0313. The van der Waals surface area contributed by atoms with Gasteiger partial charge in [0.15, 0.2) is 0 Å². The number of carbonyl (C=O) groups excluding carboxylic acids is 1. The summed E-state index contributed by atoms with van der Waals surface area (Å²) in [6.45, 7) is 2.04. The van der Waals surface area contributed by atoms with Crippen molar-refractivity contribution in [2.45, 2.75) is 18.2 Å². The van der Waals surface area contributed by atoms with Crippen molar-refractivity contribution in [1.29, 1.82) is 0 Å². The number of amides is 1. The zero-order valence-electron chi connectivity index (χ0n) is 12.1. The highest BCUT2D eigenvalue weighted by Crippen LogP contribution is 2.39. The van der Waals surface area contributed by atoms with Crippen molar-refractivity contribution >= 4 is 23.4 Å². The normalized spacial score (nSPS) is 22.7. The molecule has 0 radical (unpaired) electrons. The van der Waals surface area contributed by atoms with Gasteiger partial charge in [-0.25, -0.2) is 0 Å². The monoisotopic (exact) mass is 322 g/mol. The summed E-state index contributed by atoms with van der Waals surface area (Å²) < 4.78 is 5.32. The molecule has 0 spiro atoms. The van der Waals surface area contributed by atoms with Crippen LogP contribution in [0.2, 0.25) is 0 Å². The van der Waals surface area contributed by atoms with E-state index in [4.69, 9.17) is 4.74 Å². The van der Waals surface area contributed by atoms with Crippen LogP contribution in [0.25, 0.3) is 0 Å². The molecule has 2 aliphatic rings. The maximum Gasteiger partial charge on any atom is 0.269 e. The smallest absolute Gasteiger partial charge is 0.269 e. The zero-order valence-corrected chi connectivity index (χ0v) is 13.0. The van der Waals surface area contributed by atoms with Gasteiger partial charge in [-0.15, -0.1) is 11.8 Å². The lowest BCUT2D eigenvalue weighted by Crippen LogP contribution is -2.38. The van der Waals surface area contributed by atoms with Crippen LogP contribution >= 0.6 is 11.8 Å². The molecular weight excluding hydrogens is 304 g/mol. The van der Waals surface area contributed by atoms with E-state index in [1.807, 2.05) is 4.90 Å². The van der Waals surface area contributed by atoms with Crippen molar-refractivity contribution < 1.29 is 14.5 Å². The van der Waals surface area contributed by atoms with Crippen molar-refractivity contribution in [3.8, 4) is 0 Å². The second-order valence-electron chi connectivity index (χ2n) is 5.49. The highest BCUT2D eigenvalue weighted by Gasteiger charge is 2.35. The molecule has 1 aromatic rings. The molecular formula is C15H18N2O4S. The second kappa shape index (κ2) is 6.66. The predicted octanol–water partition coefficient (Wildman–Crippen LogP) is 2.60. The molecule has 0 aromatic heterocycles. The zero-order chi connectivity index (χ0) is 15.5. The predicted molar refractivity (Wildman–Crippen MR) is 83.6 cm³/mol. The number of hydrogen-bond donors (Lipinski definition) is 0. The average molecular weight is 322 g/mol. The van der Waals surface area contributed by atoms with Gasteiger partial charge in [0.05, 0.1) is 4.92 Å². The standard InChI is InChI=1S/C15H18N2O4S/c18-14(11-5-8-21-9-6-11)16-7-10-22-15(16)12-1-3-13(4-2-12)17(19)20/h1-4,11,15H,5-10H2. The van der Waals surface area contributed by atoms with E-state index < -0.39 is 4.92 Å². The van der Waals surface area contributed by atoms with E-state index in [0.717, 1.165) is 30.7 Å². The molecule has 1 atom stereocenters. The molecule has 0 saturated carbocycles. The number of benzene rings is 1. The van der Waals surface area contributed by atoms with E-state index >= 15 is 0 Å². The van der Waals surface area contributed by atoms with Gasteiger partial charge in [-0.2, -0.15) is 0 Å². The van der Waals surface area contributed by atoms with Gasteiger partial charge >= 0.3 is 0 Å². The fourth-order valence-electron chi connectivity index (χ4n) is 2.91. The Balaban J connectivity index is 1.74. The summed E-state index contributed by atoms with van der Waals surface area (Å²) in [6.07, 6.45) is 1.57. The molecule has 2 heterocycles. The van der Waals surface area contributed by atoms with Gasteiger partial charge < -0.3 is 9.64 Å². The molecule has 6 nitrogen and oxygen atoms in total. The number of nitrogens with zero attached hydrogens (tertiary/aromatic N) is 2. The quantitative estimate of drug-likeness (QED) is 0.632. The first kappa shape index (κ1) is 15.3. The molecule has 22 heavy (non-hydrogen) atoms. The Bertz CT molecular complexity index is 557. The van der Waals surface area contributed by atoms with Gasteiger partial charge in [-0.1, -0.05) is 0 Å². The van der Waals surface area contributed by atoms with Crippen LogP contribution in [0.1, 0.15) is 23.8 Å². The molecule has 0 bridgehead atoms. The van der Waals surface area contributed by atoms with Crippen LogP contribution in [-0.2, 0) is 9.53 Å². The SMILES string of the molecule is O=C(C1CCOCC1)N1CCSC1c1ccc([N+](=O)[O-])cc1. The number of nitro benzene ring substituents is 1. The molecule has 1 amide bonds. The fourth-order valence-corrected chi connectivity index (χ4v) is 4.18. The van der Waals surface area contributed by atoms with Gasteiger partial charge in [0, 0.05) is 43.6 Å². The summed E-state index contributed by atoms with van der Waals surface area (Å²) in [5.41, 5.74) is 1.03. The van der Waals surface area contributed by atoms with Crippen LogP contribution in [0.15, 0.2) is 24.3 Å². The highest BCUT2D eigenvalue weighted by molar-refractivity contribution is 7.99. The largest absolute Gasteiger partial charge is 0.381 e. The second-order valence-corrected chi connectivity index (χ2v) is 6.68. The molecule has 0 N–H and O–H groups in total. The van der Waals surface area contributed by atoms with Crippen LogP contribution in [0, 0.1) is 16.0 Å². The minimum atomic E-state index is -0.406. The summed E-state index contributed by atoms with van der Waals surface area (Å²) in [6, 6.07) is 6.52. The molecule has 7 heteroatoms. The topological polar surface area (TPSA) is 72.7 Å². The molecule has 2 fully saturated rings. The van der Waals surface area contributed by atoms with E-state index in [9.17, 15) is 14.9 Å². The van der Waals surface area contributed by atoms with Crippen molar-refractivity contribution in [3.05, 3.63) is 39.9 Å². The van der Waals surface area contributed by atoms with E-state index in [2.05, 4.69) is 0 Å². The first-order valence-electron chi connectivity index (χ1n) is 7.41. The molecule has 2 aliphatic heterocycles. The van der Waals surface area contributed by atoms with E-state index in [1.54, 1.807) is 23.9 Å². The Morgan fingerprint density at radius 2 is 1.95 bits per heavy atom. The van der Waals surface area contributed by atoms with Crippen LogP contribution in [0.4, 0.5) is 5.69 Å². The third-order valence-corrected chi connectivity index (χ3v) is 5.39. The Hall–Kier alpha value is -1.60. The van der Waals surface area contributed by atoms with Crippen molar-refractivity contribution in [2.24, 2.45) is 5.92 Å². The molecule has 3 rings (SSSR count). The summed E-state index contributed by atoms with van der Waals surface area (Å²) in [5.74, 6) is 1.14. The first-order valence-corrected chi connectivity index (χ1v) is 8.46. The van der Waals surface area contributed by atoms with Crippen molar-refractivity contribution in [1.82, 2.24) is 4.90 Å². The van der Waals surface area contributed by atoms with Gasteiger partial charge in [0.25, 0.3) is 5.69 Å². The van der Waals surface area contributed by atoms with Gasteiger partial charge in [0.2, 0.25) is 5.91 Å². The molecule has 118 valence electrons. The van der Waals surface area contributed by atoms with E-state index in [0.29, 0.717) is 13.2 Å². The number of rotatable bonds is 3. The third-order valence-electron chi connectivity index (χ3n) is 4.13. The van der Waals surface area contributed by atoms with Crippen molar-refractivity contribution in [3.63, 3.8) is 0 Å². The van der Waals surface area contributed by atoms with Crippen LogP contribution in [0.3, 0.4) is 0 Å². The fraction of sp³-hybridized carbons (Fsp3) is 0.533. The molecule has 0 aliphatic carbocycles. The summed E-state index contributed by atoms with van der Waals surface area (Å²) >= 11 is 1.71. The first-order chi connectivity index (χ1) is 10.7. The summed E-state index contributed by atoms with van der Waals surface area (Å²) in [7, 11) is 0. The third kappa shape index (κ3) is 3.10. The van der Waals surface area contributed by atoms with E-state index in [1.165, 1.54) is 12.1 Å². The Kier molecular flexibility index (Phi) is 4.63. The Morgan fingerprint density at radius 3 is 2.59 bits per heavy atom. The van der Waals surface area contributed by atoms with Crippen LogP contribution in [-0.4, -0.2) is 41.2 Å².